The van der Waals surface area contributed by atoms with E-state index in [0.29, 0.717) is 50.0 Å². The van der Waals surface area contributed by atoms with Gasteiger partial charge in [-0.2, -0.15) is 26.3 Å². The number of likely N-dealkylation sites (tertiary alicyclic amines) is 1. The van der Waals surface area contributed by atoms with Gasteiger partial charge >= 0.3 is 18.4 Å². The molecule has 0 saturated carbocycles. The van der Waals surface area contributed by atoms with E-state index in [1.54, 1.807) is 42.7 Å². The maximum Gasteiger partial charge on any atom is 0.416 e. The summed E-state index contributed by atoms with van der Waals surface area (Å²) in [5.74, 6) is -0.961. The second-order valence-electron chi connectivity index (χ2n) is 13.9. The van der Waals surface area contributed by atoms with E-state index in [1.165, 1.54) is 19.1 Å². The highest BCUT2D eigenvalue weighted by Crippen LogP contribution is 2.47. The summed E-state index contributed by atoms with van der Waals surface area (Å²) < 4.78 is 107. The second kappa shape index (κ2) is 12.9. The number of fused-ring (bicyclic) bond motifs is 1. The van der Waals surface area contributed by atoms with Gasteiger partial charge in [0.1, 0.15) is 11.4 Å². The summed E-state index contributed by atoms with van der Waals surface area (Å²) in [6.07, 6.45) is -10.1. The predicted octanol–water partition coefficient (Wildman–Crippen LogP) is 8.36. The van der Waals surface area contributed by atoms with Crippen LogP contribution >= 0.6 is 0 Å². The molecule has 13 heteroatoms. The van der Waals surface area contributed by atoms with Crippen LogP contribution in [0.3, 0.4) is 0 Å². The second-order valence-corrected chi connectivity index (χ2v) is 13.9. The zero-order valence-corrected chi connectivity index (χ0v) is 26.6. The van der Waals surface area contributed by atoms with Gasteiger partial charge in [-0.15, -0.1) is 0 Å². The lowest BCUT2D eigenvalue weighted by Crippen LogP contribution is -2.48. The van der Waals surface area contributed by atoms with Gasteiger partial charge in [-0.25, -0.2) is 9.18 Å². The molecule has 0 bridgehead atoms. The van der Waals surface area contributed by atoms with Crippen LogP contribution in [-0.2, 0) is 26.6 Å². The monoisotopic (exact) mass is 672 g/mol. The van der Waals surface area contributed by atoms with Gasteiger partial charge in [0.15, 0.2) is 0 Å². The molecule has 0 N–H and O–H groups in total. The van der Waals surface area contributed by atoms with Crippen molar-refractivity contribution < 1.29 is 49.8 Å². The SMILES string of the molecule is C[C@@H](O[C@H]1CN2C(=O)CC(C3CCN(C(=O)OC(C)(C)C)CC3)C[C@H]2[C@@H]1c1ccc(F)cc1)c1cc(C(F)(F)F)cc(C(F)(F)F)c1. The predicted molar refractivity (Wildman–Crippen MR) is 158 cm³/mol. The number of rotatable bonds is 5. The molecule has 2 aromatic carbocycles. The fourth-order valence-corrected chi connectivity index (χ4v) is 7.22. The summed E-state index contributed by atoms with van der Waals surface area (Å²) in [5.41, 5.74) is -3.14. The Hall–Kier alpha value is -3.35. The van der Waals surface area contributed by atoms with E-state index in [9.17, 15) is 40.3 Å². The molecule has 3 aliphatic heterocycles. The first-order valence-corrected chi connectivity index (χ1v) is 15.8. The van der Waals surface area contributed by atoms with Crippen molar-refractivity contribution in [3.05, 3.63) is 70.5 Å². The Labute approximate surface area is 269 Å². The minimum absolute atomic E-state index is 0.0125. The normalized spacial score (nSPS) is 25.1. The fraction of sp³-hybridized carbons (Fsp3) is 0.588. The summed E-state index contributed by atoms with van der Waals surface area (Å²) in [4.78, 5) is 29.5. The van der Waals surface area contributed by atoms with Gasteiger partial charge in [0.05, 0.1) is 23.3 Å². The number of carbonyl (C=O) groups is 2. The van der Waals surface area contributed by atoms with Crippen LogP contribution in [0, 0.1) is 17.7 Å². The standard InChI is InChI=1S/C34H39F7N2O4/c1-19(22-13-24(33(36,37)38)17-25(14-22)34(39,40)41)46-28-18-43-27(30(28)21-5-7-26(35)8-6-21)15-23(16-29(43)44)20-9-11-42(12-10-20)31(45)47-32(2,3)4/h5-8,13-14,17,19-20,23,27-28,30H,9-12,15-16,18H2,1-4H3/t19-,23?,27+,28+,30+/m1/s1. The smallest absolute Gasteiger partial charge is 0.416 e. The Kier molecular flexibility index (Phi) is 9.62. The molecule has 1 unspecified atom stereocenters. The summed E-state index contributed by atoms with van der Waals surface area (Å²) in [6, 6.07) is 6.70. The van der Waals surface area contributed by atoms with Gasteiger partial charge in [0, 0.05) is 38.0 Å². The molecule has 2 aromatic rings. The molecule has 47 heavy (non-hydrogen) atoms. The van der Waals surface area contributed by atoms with E-state index in [-0.39, 0.29) is 54.5 Å². The molecule has 3 heterocycles. The van der Waals surface area contributed by atoms with E-state index >= 15 is 0 Å². The summed E-state index contributed by atoms with van der Waals surface area (Å²) in [5, 5.41) is 0. The molecule has 0 aliphatic carbocycles. The van der Waals surface area contributed by atoms with Gasteiger partial charge in [0.25, 0.3) is 0 Å². The molecule has 5 atom stereocenters. The largest absolute Gasteiger partial charge is 0.444 e. The molecule has 3 saturated heterocycles. The van der Waals surface area contributed by atoms with E-state index in [2.05, 4.69) is 0 Å². The number of piperidine rings is 2. The zero-order valence-electron chi connectivity index (χ0n) is 26.6. The molecule has 3 fully saturated rings. The highest BCUT2D eigenvalue weighted by molar-refractivity contribution is 5.78. The lowest BCUT2D eigenvalue weighted by atomic mass is 9.74. The molecule has 0 radical (unpaired) electrons. The van der Waals surface area contributed by atoms with Crippen LogP contribution in [0.5, 0.6) is 0 Å². The summed E-state index contributed by atoms with van der Waals surface area (Å²) in [7, 11) is 0. The number of halogens is 7. The third kappa shape index (κ3) is 8.04. The van der Waals surface area contributed by atoms with E-state index in [4.69, 9.17) is 9.47 Å². The van der Waals surface area contributed by atoms with E-state index < -0.39 is 53.0 Å². The van der Waals surface area contributed by atoms with Crippen molar-refractivity contribution in [1.82, 2.24) is 9.80 Å². The number of hydrogen-bond donors (Lipinski definition) is 0. The van der Waals surface area contributed by atoms with Gasteiger partial charge in [0.2, 0.25) is 5.91 Å². The van der Waals surface area contributed by atoms with E-state index in [1.807, 2.05) is 0 Å². The Morgan fingerprint density at radius 1 is 0.894 bits per heavy atom. The summed E-state index contributed by atoms with van der Waals surface area (Å²) in [6.45, 7) is 7.84. The van der Waals surface area contributed by atoms with Crippen molar-refractivity contribution in [2.75, 3.05) is 19.6 Å². The number of hydrogen-bond acceptors (Lipinski definition) is 4. The molecule has 2 amide bonds. The first-order valence-electron chi connectivity index (χ1n) is 15.8. The highest BCUT2D eigenvalue weighted by atomic mass is 19.4. The molecule has 258 valence electrons. The topological polar surface area (TPSA) is 59.1 Å². The highest BCUT2D eigenvalue weighted by Gasteiger charge is 2.51. The number of nitrogens with zero attached hydrogens (tertiary/aromatic N) is 2. The van der Waals surface area contributed by atoms with Crippen molar-refractivity contribution >= 4 is 12.0 Å². The Bertz CT molecular complexity index is 1410. The zero-order chi connectivity index (χ0) is 34.5. The number of amides is 2. The van der Waals surface area contributed by atoms with Crippen molar-refractivity contribution in [2.24, 2.45) is 11.8 Å². The van der Waals surface area contributed by atoms with Crippen molar-refractivity contribution in [3.63, 3.8) is 0 Å². The third-order valence-corrected chi connectivity index (χ3v) is 9.46. The molecule has 5 rings (SSSR count). The molecular weight excluding hydrogens is 633 g/mol. The van der Waals surface area contributed by atoms with Crippen LogP contribution in [0.4, 0.5) is 35.5 Å². The first-order chi connectivity index (χ1) is 21.8. The molecular formula is C34H39F7N2O4. The van der Waals surface area contributed by atoms with Crippen LogP contribution < -0.4 is 0 Å². The molecule has 0 aromatic heterocycles. The van der Waals surface area contributed by atoms with Crippen LogP contribution in [0.2, 0.25) is 0 Å². The van der Waals surface area contributed by atoms with Crippen LogP contribution in [0.15, 0.2) is 42.5 Å². The quantitative estimate of drug-likeness (QED) is 0.300. The minimum Gasteiger partial charge on any atom is -0.444 e. The van der Waals surface area contributed by atoms with Crippen LogP contribution in [0.25, 0.3) is 0 Å². The molecule has 3 aliphatic rings. The van der Waals surface area contributed by atoms with Gasteiger partial charge < -0.3 is 19.3 Å². The van der Waals surface area contributed by atoms with Gasteiger partial charge in [-0.1, -0.05) is 12.1 Å². The average molecular weight is 673 g/mol. The maximum atomic E-state index is 13.9. The number of alkyl halides is 6. The minimum atomic E-state index is -5.01. The Morgan fingerprint density at radius 2 is 1.47 bits per heavy atom. The maximum absolute atomic E-state index is 13.9. The van der Waals surface area contributed by atoms with Gasteiger partial charge in [-0.05, 0) is 100 Å². The van der Waals surface area contributed by atoms with Crippen molar-refractivity contribution in [3.8, 4) is 0 Å². The molecule has 6 nitrogen and oxygen atoms in total. The average Bonchev–Trinajstić information content (AvgIpc) is 3.34. The third-order valence-electron chi connectivity index (χ3n) is 9.46. The lowest BCUT2D eigenvalue weighted by molar-refractivity contribution is -0.143. The summed E-state index contributed by atoms with van der Waals surface area (Å²) >= 11 is 0. The van der Waals surface area contributed by atoms with Crippen molar-refractivity contribution in [1.29, 1.82) is 0 Å². The van der Waals surface area contributed by atoms with Crippen LogP contribution in [0.1, 0.15) is 87.7 Å². The number of ether oxygens (including phenoxy) is 2. The molecule has 0 spiro atoms. The Balaban J connectivity index is 1.37. The van der Waals surface area contributed by atoms with Crippen molar-refractivity contribution in [2.45, 2.75) is 95.5 Å². The Morgan fingerprint density at radius 3 is 2.00 bits per heavy atom. The first kappa shape index (κ1) is 35.0. The van der Waals surface area contributed by atoms with E-state index in [0.717, 1.165) is 0 Å². The van der Waals surface area contributed by atoms with Crippen LogP contribution in [-0.4, -0.2) is 59.2 Å². The number of carbonyl (C=O) groups excluding carboxylic acids is 2. The lowest BCUT2D eigenvalue weighted by Gasteiger charge is -2.42. The number of benzene rings is 2. The fourth-order valence-electron chi connectivity index (χ4n) is 7.22. The van der Waals surface area contributed by atoms with Gasteiger partial charge in [-0.3, -0.25) is 4.79 Å².